The van der Waals surface area contributed by atoms with Gasteiger partial charge in [-0.05, 0) is 18.2 Å². The predicted octanol–water partition coefficient (Wildman–Crippen LogP) is 2.84. The molecule has 0 aliphatic carbocycles. The topological polar surface area (TPSA) is 23.8 Å². The van der Waals surface area contributed by atoms with Crippen LogP contribution in [0.2, 0.25) is 0 Å². The molecule has 0 heterocycles. The Morgan fingerprint density at radius 1 is 1.40 bits per heavy atom. The Balaban J connectivity index is 4.67. The second-order valence-electron chi connectivity index (χ2n) is 3.00. The van der Waals surface area contributed by atoms with Crippen LogP contribution in [0.15, 0.2) is 36.5 Å². The van der Waals surface area contributed by atoms with Crippen molar-refractivity contribution in [1.29, 1.82) is 5.26 Å². The summed E-state index contributed by atoms with van der Waals surface area (Å²) in [6.07, 6.45) is 6.85. The molecule has 0 atom stereocenters. The number of nitriles is 1. The molecule has 0 bridgehead atoms. The van der Waals surface area contributed by atoms with E-state index >= 15 is 0 Å². The maximum atomic E-state index is 8.19. The molecule has 1 heteroatoms. The molecule has 0 rings (SSSR count). The Morgan fingerprint density at radius 2 is 2.13 bits per heavy atom. The maximum absolute atomic E-state index is 8.19. The fourth-order valence-corrected chi connectivity index (χ4v) is 0.699. The minimum Gasteiger partial charge on any atom is -0.183 e. The van der Waals surface area contributed by atoms with Crippen LogP contribution in [0.3, 0.4) is 0 Å². The maximum Gasteiger partial charge on any atom is 0.152 e. The van der Waals surface area contributed by atoms with Crippen LogP contribution in [-0.4, -0.2) is 0 Å². The molecule has 0 saturated carbocycles. The smallest absolute Gasteiger partial charge is 0.152 e. The molecule has 0 amide bonds. The highest BCUT2D eigenvalue weighted by atomic mass is 14.2. The Kier molecular flexibility index (Phi) is 7.21. The molecule has 0 spiro atoms. The highest BCUT2D eigenvalue weighted by Crippen LogP contribution is 1.97. The van der Waals surface area contributed by atoms with Gasteiger partial charge in [0.05, 0.1) is 0 Å². The third kappa shape index (κ3) is 8.17. The fourth-order valence-electron chi connectivity index (χ4n) is 0.699. The van der Waals surface area contributed by atoms with E-state index in [4.69, 9.17) is 5.26 Å². The molecule has 0 aromatic heterocycles. The van der Waals surface area contributed by atoms with Crippen molar-refractivity contribution in [3.8, 4) is 29.8 Å². The van der Waals surface area contributed by atoms with Crippen molar-refractivity contribution in [2.24, 2.45) is 5.92 Å². The van der Waals surface area contributed by atoms with E-state index in [-0.39, 0.29) is 0 Å². The lowest BCUT2D eigenvalue weighted by molar-refractivity contribution is 0.866. The molecular formula is C14H13N. The molecule has 0 N–H and O–H groups in total. The molecule has 74 valence electrons. The van der Waals surface area contributed by atoms with Crippen molar-refractivity contribution in [3.63, 3.8) is 0 Å². The lowest BCUT2D eigenvalue weighted by atomic mass is 10.2. The normalized spacial score (nSPS) is 9.87. The van der Waals surface area contributed by atoms with Gasteiger partial charge in [-0.15, -0.1) is 0 Å². The zero-order valence-electron chi connectivity index (χ0n) is 9.04. The van der Waals surface area contributed by atoms with E-state index in [0.717, 1.165) is 5.57 Å². The third-order valence-corrected chi connectivity index (χ3v) is 1.28. The third-order valence-electron chi connectivity index (χ3n) is 1.28. The van der Waals surface area contributed by atoms with Crippen molar-refractivity contribution >= 4 is 0 Å². The first-order valence-electron chi connectivity index (χ1n) is 4.61. The molecule has 0 fully saturated rings. The summed E-state index contributed by atoms with van der Waals surface area (Å²) >= 11 is 0. The van der Waals surface area contributed by atoms with Gasteiger partial charge in [0.1, 0.15) is 0 Å². The second kappa shape index (κ2) is 8.43. The first-order chi connectivity index (χ1) is 7.20. The summed E-state index contributed by atoms with van der Waals surface area (Å²) in [4.78, 5) is 0. The molecular weight excluding hydrogens is 182 g/mol. The van der Waals surface area contributed by atoms with Gasteiger partial charge in [-0.1, -0.05) is 44.3 Å². The van der Waals surface area contributed by atoms with Gasteiger partial charge in [0.25, 0.3) is 0 Å². The molecule has 0 aromatic rings. The summed E-state index contributed by atoms with van der Waals surface area (Å²) in [6.45, 7) is 7.66. The van der Waals surface area contributed by atoms with Gasteiger partial charge in [-0.2, -0.15) is 5.26 Å². The van der Waals surface area contributed by atoms with Gasteiger partial charge in [0, 0.05) is 17.4 Å². The summed E-state index contributed by atoms with van der Waals surface area (Å²) in [5, 5.41) is 8.19. The average molecular weight is 195 g/mol. The van der Waals surface area contributed by atoms with Crippen molar-refractivity contribution in [3.05, 3.63) is 36.5 Å². The van der Waals surface area contributed by atoms with E-state index in [0.29, 0.717) is 5.92 Å². The van der Waals surface area contributed by atoms with Crippen LogP contribution in [0, 0.1) is 40.9 Å². The number of hydrogen-bond acceptors (Lipinski definition) is 1. The Hall–Kier alpha value is -2.17. The van der Waals surface area contributed by atoms with E-state index < -0.39 is 0 Å². The minimum absolute atomic E-state index is 0.330. The Bertz CT molecular complexity index is 420. The van der Waals surface area contributed by atoms with Gasteiger partial charge in [0.15, 0.2) is 6.07 Å². The van der Waals surface area contributed by atoms with Crippen molar-refractivity contribution < 1.29 is 0 Å². The number of hydrogen-bond donors (Lipinski definition) is 0. The SMILES string of the molecule is C=C/C=C(C#CC(C)C)\C=C\C#CC#N. The highest BCUT2D eigenvalue weighted by Gasteiger charge is 1.84. The largest absolute Gasteiger partial charge is 0.183 e. The molecule has 15 heavy (non-hydrogen) atoms. The minimum atomic E-state index is 0.330. The molecule has 0 aliphatic heterocycles. The highest BCUT2D eigenvalue weighted by molar-refractivity contribution is 5.43. The standard InChI is InChI=1S/C14H13N/c1-4-8-14(11-10-13(2)3)9-6-5-7-12-15/h4,6,8-9,13H,1H2,2-3H3/b9-6+,14-8+. The summed E-state index contributed by atoms with van der Waals surface area (Å²) in [5.41, 5.74) is 0.839. The molecule has 0 saturated heterocycles. The van der Waals surface area contributed by atoms with Gasteiger partial charge in [0.2, 0.25) is 0 Å². The van der Waals surface area contributed by atoms with Crippen LogP contribution < -0.4 is 0 Å². The summed E-state index contributed by atoms with van der Waals surface area (Å²) in [7, 11) is 0. The molecule has 1 nitrogen and oxygen atoms in total. The number of rotatable bonds is 2. The van der Waals surface area contributed by atoms with Crippen LogP contribution in [0.25, 0.3) is 0 Å². The van der Waals surface area contributed by atoms with Gasteiger partial charge in [-0.3, -0.25) is 0 Å². The van der Waals surface area contributed by atoms with Crippen LogP contribution >= 0.6 is 0 Å². The van der Waals surface area contributed by atoms with E-state index in [9.17, 15) is 0 Å². The first-order valence-corrected chi connectivity index (χ1v) is 4.61. The van der Waals surface area contributed by atoms with Crippen molar-refractivity contribution in [2.75, 3.05) is 0 Å². The van der Waals surface area contributed by atoms with Crippen molar-refractivity contribution in [1.82, 2.24) is 0 Å². The van der Waals surface area contributed by atoms with Gasteiger partial charge < -0.3 is 0 Å². The van der Waals surface area contributed by atoms with Gasteiger partial charge >= 0.3 is 0 Å². The summed E-state index contributed by atoms with van der Waals surface area (Å²) in [5.74, 6) is 11.2. The Morgan fingerprint density at radius 3 is 2.67 bits per heavy atom. The first kappa shape index (κ1) is 12.8. The summed E-state index contributed by atoms with van der Waals surface area (Å²) in [6, 6.07) is 1.74. The van der Waals surface area contributed by atoms with E-state index in [1.54, 1.807) is 30.4 Å². The van der Waals surface area contributed by atoms with E-state index in [1.807, 2.05) is 13.8 Å². The monoisotopic (exact) mass is 195 g/mol. The van der Waals surface area contributed by atoms with Crippen LogP contribution in [-0.2, 0) is 0 Å². The average Bonchev–Trinajstić information content (AvgIpc) is 2.20. The van der Waals surface area contributed by atoms with Crippen LogP contribution in [0.4, 0.5) is 0 Å². The predicted molar refractivity (Wildman–Crippen MR) is 63.4 cm³/mol. The van der Waals surface area contributed by atoms with Crippen molar-refractivity contribution in [2.45, 2.75) is 13.8 Å². The molecule has 0 unspecified atom stereocenters. The molecule has 0 aromatic carbocycles. The quantitative estimate of drug-likeness (QED) is 0.491. The zero-order valence-corrected chi connectivity index (χ0v) is 9.04. The van der Waals surface area contributed by atoms with Crippen LogP contribution in [0.1, 0.15) is 13.8 Å². The van der Waals surface area contributed by atoms with Gasteiger partial charge in [-0.25, -0.2) is 0 Å². The number of allylic oxidation sites excluding steroid dienone is 5. The lowest BCUT2D eigenvalue weighted by Gasteiger charge is -1.89. The van der Waals surface area contributed by atoms with E-state index in [2.05, 4.69) is 30.3 Å². The summed E-state index contributed by atoms with van der Waals surface area (Å²) < 4.78 is 0. The second-order valence-corrected chi connectivity index (χ2v) is 3.00. The lowest BCUT2D eigenvalue weighted by Crippen LogP contribution is -1.79. The zero-order chi connectivity index (χ0) is 11.5. The molecule has 0 aliphatic rings. The fraction of sp³-hybridized carbons (Fsp3) is 0.214. The number of nitrogens with zero attached hydrogens (tertiary/aromatic N) is 1. The Labute approximate surface area is 91.8 Å². The van der Waals surface area contributed by atoms with E-state index in [1.165, 1.54) is 0 Å². The van der Waals surface area contributed by atoms with Crippen LogP contribution in [0.5, 0.6) is 0 Å². The molecule has 0 radical (unpaired) electrons.